The van der Waals surface area contributed by atoms with E-state index in [1.165, 1.54) is 13.1 Å². The molecule has 1 aliphatic heterocycles. The summed E-state index contributed by atoms with van der Waals surface area (Å²) in [5.74, 6) is 6.21. The standard InChI is InChI=1S/C11H14IN/c12-13-4-10-6-1-2-7(11(10)5-13)9-3-8(6)9/h1-2,6-11H,3-5H2. The van der Waals surface area contributed by atoms with Crippen molar-refractivity contribution in [1.29, 1.82) is 0 Å². The predicted molar refractivity (Wildman–Crippen MR) is 60.3 cm³/mol. The zero-order valence-electron chi connectivity index (χ0n) is 7.57. The number of hydrogen-bond acceptors (Lipinski definition) is 1. The number of allylic oxidation sites excluding steroid dienone is 2. The van der Waals surface area contributed by atoms with E-state index in [0.29, 0.717) is 0 Å². The molecule has 6 atom stereocenters. The van der Waals surface area contributed by atoms with Crippen LogP contribution in [0.5, 0.6) is 0 Å². The Morgan fingerprint density at radius 2 is 1.46 bits per heavy atom. The Labute approximate surface area is 93.1 Å². The van der Waals surface area contributed by atoms with Gasteiger partial charge in [0, 0.05) is 36.0 Å². The molecule has 5 aliphatic rings. The number of rotatable bonds is 0. The minimum absolute atomic E-state index is 0.972. The Kier molecular flexibility index (Phi) is 1.37. The van der Waals surface area contributed by atoms with Crippen LogP contribution >= 0.6 is 22.9 Å². The van der Waals surface area contributed by atoms with Crippen molar-refractivity contribution in [2.75, 3.05) is 13.1 Å². The number of nitrogens with zero attached hydrogens (tertiary/aromatic N) is 1. The van der Waals surface area contributed by atoms with Crippen LogP contribution in [-0.4, -0.2) is 16.2 Å². The van der Waals surface area contributed by atoms with Gasteiger partial charge in [0.15, 0.2) is 0 Å². The molecule has 1 nitrogen and oxygen atoms in total. The average Bonchev–Trinajstić information content (AvgIpc) is 2.82. The molecule has 0 spiro atoms. The zero-order valence-corrected chi connectivity index (χ0v) is 9.72. The topological polar surface area (TPSA) is 3.24 Å². The van der Waals surface area contributed by atoms with Gasteiger partial charge in [-0.3, -0.25) is 0 Å². The first-order valence-electron chi connectivity index (χ1n) is 5.43. The number of hydrogen-bond donors (Lipinski definition) is 0. The molecule has 0 radical (unpaired) electrons. The molecule has 6 unspecified atom stereocenters. The van der Waals surface area contributed by atoms with Gasteiger partial charge in [0.2, 0.25) is 0 Å². The third-order valence-corrected chi connectivity index (χ3v) is 5.58. The van der Waals surface area contributed by atoms with Crippen molar-refractivity contribution in [3.05, 3.63) is 12.2 Å². The van der Waals surface area contributed by atoms with Crippen LogP contribution in [-0.2, 0) is 0 Å². The summed E-state index contributed by atoms with van der Waals surface area (Å²) in [6.45, 7) is 2.72. The smallest absolute Gasteiger partial charge is 0.0201 e. The normalized spacial score (nSPS) is 62.2. The maximum Gasteiger partial charge on any atom is 0.0201 e. The van der Waals surface area contributed by atoms with Crippen LogP contribution in [0.15, 0.2) is 12.2 Å². The van der Waals surface area contributed by atoms with Crippen LogP contribution in [0.1, 0.15) is 6.42 Å². The molecule has 1 saturated heterocycles. The Morgan fingerprint density at radius 3 is 2.00 bits per heavy atom. The highest BCUT2D eigenvalue weighted by Gasteiger charge is 2.60. The molecule has 1 heterocycles. The Bertz CT molecular complexity index is 262. The van der Waals surface area contributed by atoms with E-state index in [1.807, 2.05) is 0 Å². The highest BCUT2D eigenvalue weighted by atomic mass is 127. The SMILES string of the molecule is IN1CC2C3C=CC(C4CC34)C2C1. The van der Waals surface area contributed by atoms with E-state index in [4.69, 9.17) is 0 Å². The summed E-state index contributed by atoms with van der Waals surface area (Å²) in [5, 5.41) is 0. The van der Waals surface area contributed by atoms with Gasteiger partial charge in [-0.25, -0.2) is 3.11 Å². The summed E-state index contributed by atoms with van der Waals surface area (Å²) < 4.78 is 2.52. The molecular formula is C11H14IN. The first-order chi connectivity index (χ1) is 6.34. The van der Waals surface area contributed by atoms with E-state index >= 15 is 0 Å². The molecule has 5 rings (SSSR count). The molecule has 0 N–H and O–H groups in total. The fourth-order valence-electron chi connectivity index (χ4n) is 4.20. The second-order valence-electron chi connectivity index (χ2n) is 5.26. The summed E-state index contributed by atoms with van der Waals surface area (Å²) in [4.78, 5) is 0. The lowest BCUT2D eigenvalue weighted by Gasteiger charge is -2.40. The van der Waals surface area contributed by atoms with Crippen molar-refractivity contribution in [2.24, 2.45) is 35.5 Å². The van der Waals surface area contributed by atoms with Crippen LogP contribution in [0, 0.1) is 35.5 Å². The van der Waals surface area contributed by atoms with Crippen molar-refractivity contribution >= 4 is 22.9 Å². The molecule has 0 aromatic rings. The van der Waals surface area contributed by atoms with Crippen molar-refractivity contribution < 1.29 is 0 Å². The second-order valence-corrected chi connectivity index (χ2v) is 6.62. The van der Waals surface area contributed by atoms with Crippen molar-refractivity contribution in [2.45, 2.75) is 6.42 Å². The van der Waals surface area contributed by atoms with Crippen LogP contribution in [0.3, 0.4) is 0 Å². The van der Waals surface area contributed by atoms with Crippen LogP contribution < -0.4 is 0 Å². The second kappa shape index (κ2) is 2.32. The fraction of sp³-hybridized carbons (Fsp3) is 0.818. The summed E-state index contributed by atoms with van der Waals surface area (Å²) in [6.07, 6.45) is 6.65. The lowest BCUT2D eigenvalue weighted by molar-refractivity contribution is 0.156. The summed E-state index contributed by atoms with van der Waals surface area (Å²) >= 11 is 2.51. The largest absolute Gasteiger partial charge is 0.247 e. The maximum absolute atomic E-state index is 2.55. The van der Waals surface area contributed by atoms with Gasteiger partial charge in [-0.1, -0.05) is 12.2 Å². The molecule has 2 heteroatoms. The van der Waals surface area contributed by atoms with E-state index in [0.717, 1.165) is 35.5 Å². The quantitative estimate of drug-likeness (QED) is 0.375. The van der Waals surface area contributed by atoms with E-state index < -0.39 is 0 Å². The van der Waals surface area contributed by atoms with Gasteiger partial charge in [-0.15, -0.1) is 0 Å². The minimum Gasteiger partial charge on any atom is -0.247 e. The molecule has 0 aromatic carbocycles. The van der Waals surface area contributed by atoms with Gasteiger partial charge in [0.25, 0.3) is 0 Å². The van der Waals surface area contributed by atoms with Crippen LogP contribution in [0.2, 0.25) is 0 Å². The van der Waals surface area contributed by atoms with Crippen LogP contribution in [0.4, 0.5) is 0 Å². The summed E-state index contributed by atoms with van der Waals surface area (Å²) in [5.41, 5.74) is 0. The van der Waals surface area contributed by atoms with Crippen molar-refractivity contribution in [3.8, 4) is 0 Å². The molecule has 0 amide bonds. The molecule has 3 fully saturated rings. The van der Waals surface area contributed by atoms with Gasteiger partial charge in [-0.05, 0) is 41.9 Å². The first kappa shape index (κ1) is 7.69. The maximum atomic E-state index is 2.55. The Balaban J connectivity index is 1.77. The summed E-state index contributed by atoms with van der Waals surface area (Å²) in [6, 6.07) is 0. The van der Waals surface area contributed by atoms with Crippen LogP contribution in [0.25, 0.3) is 0 Å². The first-order valence-corrected chi connectivity index (χ1v) is 6.40. The Morgan fingerprint density at radius 1 is 0.923 bits per heavy atom. The highest BCUT2D eigenvalue weighted by molar-refractivity contribution is 14.1. The molecular weight excluding hydrogens is 273 g/mol. The molecule has 70 valence electrons. The van der Waals surface area contributed by atoms with Crippen molar-refractivity contribution in [1.82, 2.24) is 3.11 Å². The molecule has 13 heavy (non-hydrogen) atoms. The number of halogens is 1. The van der Waals surface area contributed by atoms with Gasteiger partial charge < -0.3 is 0 Å². The zero-order chi connectivity index (χ0) is 8.58. The van der Waals surface area contributed by atoms with E-state index in [2.05, 4.69) is 38.1 Å². The Hall–Kier alpha value is 0.430. The fourth-order valence-corrected chi connectivity index (χ4v) is 5.11. The van der Waals surface area contributed by atoms with Gasteiger partial charge in [0.1, 0.15) is 0 Å². The summed E-state index contributed by atoms with van der Waals surface area (Å²) in [7, 11) is 0. The molecule has 2 bridgehead atoms. The van der Waals surface area contributed by atoms with Gasteiger partial charge in [0.05, 0.1) is 0 Å². The van der Waals surface area contributed by atoms with Gasteiger partial charge in [-0.2, -0.15) is 0 Å². The molecule has 2 saturated carbocycles. The average molecular weight is 287 g/mol. The van der Waals surface area contributed by atoms with E-state index in [-0.39, 0.29) is 0 Å². The minimum atomic E-state index is 0.972. The van der Waals surface area contributed by atoms with Crippen molar-refractivity contribution in [3.63, 3.8) is 0 Å². The third kappa shape index (κ3) is 0.870. The molecule has 4 aliphatic carbocycles. The lowest BCUT2D eigenvalue weighted by atomic mass is 9.64. The lowest BCUT2D eigenvalue weighted by Crippen LogP contribution is -2.37. The van der Waals surface area contributed by atoms with E-state index in [9.17, 15) is 0 Å². The third-order valence-electron chi connectivity index (χ3n) is 4.79. The molecule has 0 aromatic heterocycles. The van der Waals surface area contributed by atoms with Gasteiger partial charge >= 0.3 is 0 Å². The monoisotopic (exact) mass is 287 g/mol. The van der Waals surface area contributed by atoms with E-state index in [1.54, 1.807) is 6.42 Å². The highest BCUT2D eigenvalue weighted by Crippen LogP contribution is 2.65. The predicted octanol–water partition coefficient (Wildman–Crippen LogP) is 2.34.